The third-order valence-electron chi connectivity index (χ3n) is 3.49. The summed E-state index contributed by atoms with van der Waals surface area (Å²) in [6.07, 6.45) is 0.395. The van der Waals surface area contributed by atoms with Gasteiger partial charge in [0.05, 0.1) is 24.7 Å². The fourth-order valence-corrected chi connectivity index (χ4v) is 2.27. The molecule has 2 saturated heterocycles. The molecule has 2 aliphatic heterocycles. The fourth-order valence-electron chi connectivity index (χ4n) is 2.27. The van der Waals surface area contributed by atoms with Crippen molar-refractivity contribution in [2.75, 3.05) is 19.8 Å². The van der Waals surface area contributed by atoms with Crippen LogP contribution in [0.2, 0.25) is 0 Å². The monoisotopic (exact) mass is 213 g/mol. The molecule has 5 N–H and O–H groups in total. The minimum absolute atomic E-state index is 0.117. The Labute approximate surface area is 87.3 Å². The van der Waals surface area contributed by atoms with Gasteiger partial charge in [-0.1, -0.05) is 0 Å². The Morgan fingerprint density at radius 2 is 2.00 bits per heavy atom. The van der Waals surface area contributed by atoms with E-state index >= 15 is 0 Å². The van der Waals surface area contributed by atoms with Gasteiger partial charge in [-0.2, -0.15) is 0 Å². The Hall–Kier alpha value is -1.14. The molecule has 2 aliphatic rings. The Kier molecular flexibility index (Phi) is 2.40. The highest BCUT2D eigenvalue weighted by atomic mass is 16.5. The maximum atomic E-state index is 11.5. The van der Waals surface area contributed by atoms with Crippen LogP contribution in [0, 0.1) is 11.3 Å². The van der Waals surface area contributed by atoms with Crippen LogP contribution < -0.4 is 16.8 Å². The van der Waals surface area contributed by atoms with Gasteiger partial charge in [-0.3, -0.25) is 9.59 Å². The predicted octanol–water partition coefficient (Wildman–Crippen LogP) is -2.05. The van der Waals surface area contributed by atoms with E-state index in [4.69, 9.17) is 16.2 Å². The number of amides is 2. The van der Waals surface area contributed by atoms with Crippen molar-refractivity contribution in [3.63, 3.8) is 0 Å². The summed E-state index contributed by atoms with van der Waals surface area (Å²) in [5.41, 5.74) is 9.96. The first-order valence-corrected chi connectivity index (χ1v) is 4.96. The van der Waals surface area contributed by atoms with Crippen LogP contribution in [0.15, 0.2) is 0 Å². The molecular formula is C9H15N3O3. The molecule has 2 rings (SSSR count). The van der Waals surface area contributed by atoms with Crippen molar-refractivity contribution in [3.8, 4) is 0 Å². The van der Waals surface area contributed by atoms with E-state index in [1.807, 2.05) is 0 Å². The molecule has 6 heteroatoms. The van der Waals surface area contributed by atoms with Gasteiger partial charge < -0.3 is 21.5 Å². The number of hydrogen-bond donors (Lipinski definition) is 3. The largest absolute Gasteiger partial charge is 0.381 e. The van der Waals surface area contributed by atoms with E-state index in [0.717, 1.165) is 0 Å². The molecule has 2 fully saturated rings. The second-order valence-corrected chi connectivity index (χ2v) is 4.29. The second-order valence-electron chi connectivity index (χ2n) is 4.29. The number of rotatable bonds is 3. The molecule has 0 radical (unpaired) electrons. The minimum atomic E-state index is -0.655. The van der Waals surface area contributed by atoms with Crippen molar-refractivity contribution in [2.45, 2.75) is 12.5 Å². The van der Waals surface area contributed by atoms with Gasteiger partial charge in [0, 0.05) is 12.5 Å². The number of nitrogens with two attached hydrogens (primary N) is 2. The SMILES string of the molecule is NC(=O)C1CC(C(N)=O)(C2COC2)CN1. The standard InChI is InChI=1S/C9H15N3O3/c10-7(13)6-1-9(4-12-6,8(11)14)5-2-15-3-5/h5-6,12H,1-4H2,(H2,10,13)(H2,11,14). The highest BCUT2D eigenvalue weighted by Gasteiger charge is 2.53. The molecule has 2 heterocycles. The number of carbonyl (C=O) groups excluding carboxylic acids is 2. The van der Waals surface area contributed by atoms with Gasteiger partial charge >= 0.3 is 0 Å². The lowest BCUT2D eigenvalue weighted by molar-refractivity contribution is -0.145. The molecule has 0 saturated carbocycles. The predicted molar refractivity (Wildman–Crippen MR) is 51.5 cm³/mol. The highest BCUT2D eigenvalue weighted by Crippen LogP contribution is 2.40. The van der Waals surface area contributed by atoms with Crippen LogP contribution in [-0.4, -0.2) is 37.6 Å². The van der Waals surface area contributed by atoms with Crippen LogP contribution in [0.4, 0.5) is 0 Å². The fraction of sp³-hybridized carbons (Fsp3) is 0.778. The molecule has 0 bridgehead atoms. The Morgan fingerprint density at radius 1 is 1.33 bits per heavy atom. The van der Waals surface area contributed by atoms with E-state index in [0.29, 0.717) is 26.2 Å². The first kappa shape index (κ1) is 10.4. The van der Waals surface area contributed by atoms with E-state index in [9.17, 15) is 9.59 Å². The molecule has 15 heavy (non-hydrogen) atoms. The summed E-state index contributed by atoms with van der Waals surface area (Å²) < 4.78 is 5.07. The van der Waals surface area contributed by atoms with Gasteiger partial charge in [0.1, 0.15) is 0 Å². The molecule has 0 aromatic rings. The summed E-state index contributed by atoms with van der Waals surface area (Å²) in [6.45, 7) is 1.50. The van der Waals surface area contributed by atoms with Crippen LogP contribution in [0.3, 0.4) is 0 Å². The quantitative estimate of drug-likeness (QED) is 0.501. The van der Waals surface area contributed by atoms with Crippen molar-refractivity contribution in [2.24, 2.45) is 22.8 Å². The van der Waals surface area contributed by atoms with E-state index in [1.54, 1.807) is 0 Å². The molecule has 0 aromatic heterocycles. The lowest BCUT2D eigenvalue weighted by atomic mass is 9.72. The van der Waals surface area contributed by atoms with Gasteiger partial charge in [0.2, 0.25) is 11.8 Å². The van der Waals surface area contributed by atoms with E-state index in [2.05, 4.69) is 5.32 Å². The van der Waals surface area contributed by atoms with Crippen LogP contribution >= 0.6 is 0 Å². The number of hydrogen-bond acceptors (Lipinski definition) is 4. The van der Waals surface area contributed by atoms with Crippen molar-refractivity contribution < 1.29 is 14.3 Å². The zero-order valence-corrected chi connectivity index (χ0v) is 8.36. The maximum Gasteiger partial charge on any atom is 0.234 e. The zero-order valence-electron chi connectivity index (χ0n) is 8.36. The number of nitrogens with one attached hydrogen (secondary N) is 1. The summed E-state index contributed by atoms with van der Waals surface area (Å²) in [6, 6.07) is -0.446. The van der Waals surface area contributed by atoms with Crippen molar-refractivity contribution >= 4 is 11.8 Å². The minimum Gasteiger partial charge on any atom is -0.381 e. The Bertz CT molecular complexity index is 303. The zero-order chi connectivity index (χ0) is 11.1. The molecular weight excluding hydrogens is 198 g/mol. The first-order valence-electron chi connectivity index (χ1n) is 4.96. The summed E-state index contributed by atoms with van der Waals surface area (Å²) in [7, 11) is 0. The number of carbonyl (C=O) groups is 2. The van der Waals surface area contributed by atoms with Crippen LogP contribution in [-0.2, 0) is 14.3 Å². The third-order valence-corrected chi connectivity index (χ3v) is 3.49. The molecule has 84 valence electrons. The number of ether oxygens (including phenoxy) is 1. The van der Waals surface area contributed by atoms with Crippen LogP contribution in [0.25, 0.3) is 0 Å². The first-order chi connectivity index (χ1) is 7.06. The molecule has 0 aromatic carbocycles. The third kappa shape index (κ3) is 1.49. The van der Waals surface area contributed by atoms with Gasteiger partial charge in [0.15, 0.2) is 0 Å². The van der Waals surface area contributed by atoms with Gasteiger partial charge in [0.25, 0.3) is 0 Å². The molecule has 2 unspecified atom stereocenters. The average Bonchev–Trinajstić information content (AvgIpc) is 2.47. The average molecular weight is 213 g/mol. The Morgan fingerprint density at radius 3 is 2.33 bits per heavy atom. The molecule has 2 atom stereocenters. The summed E-state index contributed by atoms with van der Waals surface area (Å²) in [5, 5.41) is 2.95. The molecule has 2 amide bonds. The topological polar surface area (TPSA) is 107 Å². The van der Waals surface area contributed by atoms with Crippen molar-refractivity contribution in [1.29, 1.82) is 0 Å². The summed E-state index contributed by atoms with van der Waals surface area (Å²) >= 11 is 0. The lowest BCUT2D eigenvalue weighted by Crippen LogP contribution is -2.52. The van der Waals surface area contributed by atoms with Gasteiger partial charge in [-0.15, -0.1) is 0 Å². The number of primary amides is 2. The van der Waals surface area contributed by atoms with E-state index in [1.165, 1.54) is 0 Å². The highest BCUT2D eigenvalue weighted by molar-refractivity contribution is 5.86. The van der Waals surface area contributed by atoms with Crippen molar-refractivity contribution in [3.05, 3.63) is 0 Å². The maximum absolute atomic E-state index is 11.5. The molecule has 6 nitrogen and oxygen atoms in total. The van der Waals surface area contributed by atoms with E-state index < -0.39 is 17.4 Å². The van der Waals surface area contributed by atoms with Gasteiger partial charge in [-0.05, 0) is 6.42 Å². The molecule has 0 aliphatic carbocycles. The molecule has 0 spiro atoms. The Balaban J connectivity index is 2.15. The summed E-state index contributed by atoms with van der Waals surface area (Å²) in [5.74, 6) is -0.683. The van der Waals surface area contributed by atoms with E-state index in [-0.39, 0.29) is 11.8 Å². The van der Waals surface area contributed by atoms with Crippen LogP contribution in [0.5, 0.6) is 0 Å². The van der Waals surface area contributed by atoms with Gasteiger partial charge in [-0.25, -0.2) is 0 Å². The lowest BCUT2D eigenvalue weighted by Gasteiger charge is -2.39. The normalized spacial score (nSPS) is 36.1. The second kappa shape index (κ2) is 3.46. The smallest absolute Gasteiger partial charge is 0.234 e. The summed E-state index contributed by atoms with van der Waals surface area (Å²) in [4.78, 5) is 22.5. The van der Waals surface area contributed by atoms with Crippen LogP contribution in [0.1, 0.15) is 6.42 Å². The van der Waals surface area contributed by atoms with Crippen molar-refractivity contribution in [1.82, 2.24) is 5.32 Å².